The molecule has 0 unspecified atom stereocenters. The molecule has 1 aliphatic heterocycles. The minimum absolute atomic E-state index is 0.604. The fourth-order valence-corrected chi connectivity index (χ4v) is 2.19. The average Bonchev–Trinajstić information content (AvgIpc) is 2.70. The third-order valence-corrected chi connectivity index (χ3v) is 3.08. The van der Waals surface area contributed by atoms with E-state index in [0.717, 1.165) is 31.0 Å². The van der Waals surface area contributed by atoms with Gasteiger partial charge in [-0.3, -0.25) is 0 Å². The fraction of sp³-hybridized carbons (Fsp3) is 0.538. The first-order valence-electron chi connectivity index (χ1n) is 5.97. The summed E-state index contributed by atoms with van der Waals surface area (Å²) in [7, 11) is 0. The average molecular weight is 221 g/mol. The lowest BCUT2D eigenvalue weighted by Gasteiger charge is -2.36. The maximum Gasteiger partial charge on any atom is 0.315 e. The van der Waals surface area contributed by atoms with Crippen molar-refractivity contribution in [3.05, 3.63) is 24.3 Å². The van der Waals surface area contributed by atoms with Gasteiger partial charge in [0.1, 0.15) is 0 Å². The Kier molecular flexibility index (Phi) is 3.06. The van der Waals surface area contributed by atoms with E-state index in [-0.39, 0.29) is 0 Å². The molecule has 0 aromatic heterocycles. The third-order valence-electron chi connectivity index (χ3n) is 3.08. The summed E-state index contributed by atoms with van der Waals surface area (Å²) in [6.45, 7) is 8.16. The minimum Gasteiger partial charge on any atom is -0.435 e. The molecule has 0 aliphatic carbocycles. The van der Waals surface area contributed by atoms with Crippen LogP contribution in [-0.4, -0.2) is 23.9 Å². The molecule has 0 saturated carbocycles. The first-order chi connectivity index (χ1) is 7.75. The molecule has 3 heteroatoms. The summed E-state index contributed by atoms with van der Waals surface area (Å²) in [4.78, 5) is 2.20. The lowest BCUT2D eigenvalue weighted by Crippen LogP contribution is -2.54. The Balaban J connectivity index is 2.28. The third kappa shape index (κ3) is 1.65. The van der Waals surface area contributed by atoms with E-state index in [1.807, 2.05) is 24.3 Å². The van der Waals surface area contributed by atoms with Gasteiger partial charge >= 0.3 is 5.91 Å². The molecular weight excluding hydrogens is 202 g/mol. The summed E-state index contributed by atoms with van der Waals surface area (Å²) in [5.74, 6) is 1.08. The van der Waals surface area contributed by atoms with Gasteiger partial charge in [0, 0.05) is 19.5 Å². The molecule has 0 fully saturated rings. The molecule has 16 heavy (non-hydrogen) atoms. The molecule has 0 radical (unpaired) electrons. The molecule has 2 rings (SSSR count). The van der Waals surface area contributed by atoms with Crippen LogP contribution in [0.4, 0.5) is 0 Å². The van der Waals surface area contributed by atoms with E-state index < -0.39 is 5.91 Å². The molecule has 1 heterocycles. The number of para-hydroxylation sites is 2. The van der Waals surface area contributed by atoms with Gasteiger partial charge in [0.05, 0.1) is 0 Å². The standard InChI is InChI=1S/C13H19NO2/c1-4-13(14(5-2)6-3)15-11-9-7-8-10-12(11)16-13/h7-10H,4-6H2,1-3H3. The predicted octanol–water partition coefficient (Wildman–Crippen LogP) is 2.86. The van der Waals surface area contributed by atoms with Crippen LogP contribution in [-0.2, 0) is 0 Å². The molecule has 3 nitrogen and oxygen atoms in total. The first kappa shape index (κ1) is 11.3. The zero-order chi connectivity index (χ0) is 11.6. The maximum atomic E-state index is 5.99. The van der Waals surface area contributed by atoms with Crippen LogP contribution in [0.25, 0.3) is 0 Å². The van der Waals surface area contributed by atoms with Gasteiger partial charge < -0.3 is 9.47 Å². The number of nitrogens with zero attached hydrogens (tertiary/aromatic N) is 1. The van der Waals surface area contributed by atoms with Crippen molar-refractivity contribution in [3.63, 3.8) is 0 Å². The number of fused-ring (bicyclic) bond motifs is 1. The highest BCUT2D eigenvalue weighted by molar-refractivity contribution is 5.42. The van der Waals surface area contributed by atoms with Gasteiger partial charge in [0.15, 0.2) is 11.5 Å². The van der Waals surface area contributed by atoms with Gasteiger partial charge in [0.25, 0.3) is 0 Å². The Labute approximate surface area is 97.0 Å². The van der Waals surface area contributed by atoms with E-state index >= 15 is 0 Å². The predicted molar refractivity (Wildman–Crippen MR) is 63.6 cm³/mol. The molecule has 1 aromatic rings. The van der Waals surface area contributed by atoms with E-state index in [4.69, 9.17) is 9.47 Å². The van der Waals surface area contributed by atoms with Crippen molar-refractivity contribution >= 4 is 0 Å². The van der Waals surface area contributed by atoms with Crippen molar-refractivity contribution in [2.24, 2.45) is 0 Å². The van der Waals surface area contributed by atoms with Gasteiger partial charge in [-0.1, -0.05) is 32.9 Å². The second-order valence-electron chi connectivity index (χ2n) is 3.89. The second kappa shape index (κ2) is 4.34. The van der Waals surface area contributed by atoms with Gasteiger partial charge in [-0.05, 0) is 12.1 Å². The minimum atomic E-state index is -0.604. The van der Waals surface area contributed by atoms with Crippen LogP contribution in [0.5, 0.6) is 11.5 Å². The Bertz CT molecular complexity index is 336. The molecule has 0 spiro atoms. The molecule has 0 amide bonds. The SMILES string of the molecule is CCN(CC)C1(CC)Oc2ccccc2O1. The molecule has 0 N–H and O–H groups in total. The highest BCUT2D eigenvalue weighted by Crippen LogP contribution is 2.41. The molecule has 0 saturated heterocycles. The van der Waals surface area contributed by atoms with Crippen molar-refractivity contribution in [2.75, 3.05) is 13.1 Å². The molecule has 0 bridgehead atoms. The highest BCUT2D eigenvalue weighted by Gasteiger charge is 2.44. The summed E-state index contributed by atoms with van der Waals surface area (Å²) in [6, 6.07) is 7.85. The van der Waals surface area contributed by atoms with Crippen molar-refractivity contribution in [1.29, 1.82) is 0 Å². The van der Waals surface area contributed by atoms with Crippen molar-refractivity contribution < 1.29 is 9.47 Å². The number of rotatable bonds is 4. The van der Waals surface area contributed by atoms with Gasteiger partial charge in [-0.2, -0.15) is 0 Å². The Morgan fingerprint density at radius 2 is 1.50 bits per heavy atom. The summed E-state index contributed by atoms with van der Waals surface area (Å²) < 4.78 is 12.0. The Morgan fingerprint density at radius 1 is 1.00 bits per heavy atom. The van der Waals surface area contributed by atoms with Crippen LogP contribution in [0.3, 0.4) is 0 Å². The Hall–Kier alpha value is -1.22. The van der Waals surface area contributed by atoms with Gasteiger partial charge in [-0.15, -0.1) is 0 Å². The quantitative estimate of drug-likeness (QED) is 0.780. The zero-order valence-electron chi connectivity index (χ0n) is 10.2. The van der Waals surface area contributed by atoms with Crippen LogP contribution >= 0.6 is 0 Å². The molecule has 0 atom stereocenters. The van der Waals surface area contributed by atoms with E-state index in [0.29, 0.717) is 0 Å². The fourth-order valence-electron chi connectivity index (χ4n) is 2.19. The number of ether oxygens (including phenoxy) is 2. The van der Waals surface area contributed by atoms with Crippen LogP contribution in [0, 0.1) is 0 Å². The van der Waals surface area contributed by atoms with Crippen molar-refractivity contribution in [3.8, 4) is 11.5 Å². The van der Waals surface area contributed by atoms with Crippen LogP contribution < -0.4 is 9.47 Å². The van der Waals surface area contributed by atoms with Crippen LogP contribution in [0.1, 0.15) is 27.2 Å². The van der Waals surface area contributed by atoms with E-state index in [1.165, 1.54) is 0 Å². The molecule has 1 aromatic carbocycles. The lowest BCUT2D eigenvalue weighted by molar-refractivity contribution is -0.199. The molecule has 88 valence electrons. The smallest absolute Gasteiger partial charge is 0.315 e. The maximum absolute atomic E-state index is 5.99. The van der Waals surface area contributed by atoms with Crippen molar-refractivity contribution in [2.45, 2.75) is 33.1 Å². The van der Waals surface area contributed by atoms with Crippen LogP contribution in [0.15, 0.2) is 24.3 Å². The monoisotopic (exact) mass is 221 g/mol. The van der Waals surface area contributed by atoms with E-state index in [9.17, 15) is 0 Å². The molecular formula is C13H19NO2. The lowest BCUT2D eigenvalue weighted by atomic mass is 10.3. The topological polar surface area (TPSA) is 21.7 Å². The molecule has 1 aliphatic rings. The second-order valence-corrected chi connectivity index (χ2v) is 3.89. The number of benzene rings is 1. The number of hydrogen-bond donors (Lipinski definition) is 0. The van der Waals surface area contributed by atoms with Crippen molar-refractivity contribution in [1.82, 2.24) is 4.90 Å². The summed E-state index contributed by atoms with van der Waals surface area (Å²) in [5, 5.41) is 0. The van der Waals surface area contributed by atoms with E-state index in [1.54, 1.807) is 0 Å². The zero-order valence-corrected chi connectivity index (χ0v) is 10.2. The van der Waals surface area contributed by atoms with Gasteiger partial charge in [-0.25, -0.2) is 4.90 Å². The first-order valence-corrected chi connectivity index (χ1v) is 5.97. The van der Waals surface area contributed by atoms with Gasteiger partial charge in [0.2, 0.25) is 0 Å². The Morgan fingerprint density at radius 3 is 1.88 bits per heavy atom. The largest absolute Gasteiger partial charge is 0.435 e. The highest BCUT2D eigenvalue weighted by atomic mass is 16.8. The number of hydrogen-bond acceptors (Lipinski definition) is 3. The summed E-state index contributed by atoms with van der Waals surface area (Å²) in [5.41, 5.74) is 0. The van der Waals surface area contributed by atoms with Crippen LogP contribution in [0.2, 0.25) is 0 Å². The van der Waals surface area contributed by atoms with E-state index in [2.05, 4.69) is 25.7 Å². The normalized spacial score (nSPS) is 16.8. The summed E-state index contributed by atoms with van der Waals surface area (Å²) >= 11 is 0. The summed E-state index contributed by atoms with van der Waals surface area (Å²) in [6.07, 6.45) is 0.809.